The molecule has 1 heterocycles. The number of para-hydroxylation sites is 1. The maximum atomic E-state index is 11.1. The van der Waals surface area contributed by atoms with Gasteiger partial charge in [0.1, 0.15) is 11.9 Å². The van der Waals surface area contributed by atoms with Gasteiger partial charge in [-0.05, 0) is 43.3 Å². The summed E-state index contributed by atoms with van der Waals surface area (Å²) in [6.45, 7) is 1.57. The van der Waals surface area contributed by atoms with Crippen molar-refractivity contribution in [2.24, 2.45) is 0 Å². The number of hydrogen-bond acceptors (Lipinski definition) is 4. The maximum Gasteiger partial charge on any atom is 0.325 e. The van der Waals surface area contributed by atoms with E-state index in [0.29, 0.717) is 16.7 Å². The van der Waals surface area contributed by atoms with Crippen LogP contribution in [0.25, 0.3) is 22.3 Å². The molecule has 0 aliphatic heterocycles. The number of anilines is 1. The Labute approximate surface area is 138 Å². The van der Waals surface area contributed by atoms with Gasteiger partial charge in [-0.1, -0.05) is 23.7 Å². The predicted molar refractivity (Wildman–Crippen MR) is 90.7 cm³/mol. The standard InChI is InChI=1S/C17H14ClN3O2/c1-10(17(22)23)19-16-13-4-2-3-5-14(13)20-15(21-16)11-6-8-12(18)9-7-11/h2-10H,1H3,(H,22,23)(H,19,20,21)/t10-/m1/s1. The highest BCUT2D eigenvalue weighted by atomic mass is 35.5. The fraction of sp³-hybridized carbons (Fsp3) is 0.118. The third-order valence-corrected chi connectivity index (χ3v) is 3.68. The molecule has 0 unspecified atom stereocenters. The van der Waals surface area contributed by atoms with E-state index in [1.54, 1.807) is 19.1 Å². The lowest BCUT2D eigenvalue weighted by Gasteiger charge is -2.13. The number of rotatable bonds is 4. The Balaban J connectivity index is 2.13. The molecule has 0 aliphatic carbocycles. The fourth-order valence-corrected chi connectivity index (χ4v) is 2.31. The number of aliphatic carboxylic acids is 1. The van der Waals surface area contributed by atoms with Crippen LogP contribution in [0.15, 0.2) is 48.5 Å². The number of carboxylic acid groups (broad SMARTS) is 1. The fourth-order valence-electron chi connectivity index (χ4n) is 2.18. The van der Waals surface area contributed by atoms with Gasteiger partial charge in [-0.2, -0.15) is 0 Å². The molecule has 1 atom stereocenters. The zero-order valence-corrected chi connectivity index (χ0v) is 13.1. The first-order valence-corrected chi connectivity index (χ1v) is 7.44. The van der Waals surface area contributed by atoms with Crippen LogP contribution in [0, 0.1) is 0 Å². The molecular formula is C17H14ClN3O2. The van der Waals surface area contributed by atoms with Crippen molar-refractivity contribution in [3.8, 4) is 11.4 Å². The number of nitrogens with one attached hydrogen (secondary N) is 1. The van der Waals surface area contributed by atoms with Crippen molar-refractivity contribution in [3.63, 3.8) is 0 Å². The molecule has 3 aromatic rings. The lowest BCUT2D eigenvalue weighted by molar-refractivity contribution is -0.137. The lowest BCUT2D eigenvalue weighted by Crippen LogP contribution is -2.26. The molecule has 1 aromatic heterocycles. The summed E-state index contributed by atoms with van der Waals surface area (Å²) < 4.78 is 0. The smallest absolute Gasteiger partial charge is 0.325 e. The SMILES string of the molecule is C[C@@H](Nc1nc(-c2ccc(Cl)cc2)nc2ccccc12)C(=O)O. The molecule has 0 saturated carbocycles. The molecule has 0 radical (unpaired) electrons. The second kappa shape index (κ2) is 6.22. The minimum Gasteiger partial charge on any atom is -0.480 e. The molecule has 2 aromatic carbocycles. The number of hydrogen-bond donors (Lipinski definition) is 2. The second-order valence-corrected chi connectivity index (χ2v) is 5.56. The Morgan fingerprint density at radius 3 is 2.52 bits per heavy atom. The van der Waals surface area contributed by atoms with Crippen molar-refractivity contribution in [2.45, 2.75) is 13.0 Å². The molecule has 0 fully saturated rings. The van der Waals surface area contributed by atoms with E-state index < -0.39 is 12.0 Å². The number of carbonyl (C=O) groups is 1. The van der Waals surface area contributed by atoms with E-state index >= 15 is 0 Å². The highest BCUT2D eigenvalue weighted by molar-refractivity contribution is 6.30. The molecule has 3 rings (SSSR count). The van der Waals surface area contributed by atoms with Gasteiger partial charge in [0.15, 0.2) is 5.82 Å². The minimum absolute atomic E-state index is 0.496. The van der Waals surface area contributed by atoms with Crippen LogP contribution in [0.1, 0.15) is 6.92 Å². The summed E-state index contributed by atoms with van der Waals surface area (Å²) in [5.41, 5.74) is 1.55. The summed E-state index contributed by atoms with van der Waals surface area (Å²) in [4.78, 5) is 20.2. The van der Waals surface area contributed by atoms with Gasteiger partial charge in [0.25, 0.3) is 0 Å². The number of fused-ring (bicyclic) bond motifs is 1. The van der Waals surface area contributed by atoms with Gasteiger partial charge in [0.2, 0.25) is 0 Å². The number of halogens is 1. The lowest BCUT2D eigenvalue weighted by atomic mass is 10.1. The first kappa shape index (κ1) is 15.2. The Hall–Kier alpha value is -2.66. The van der Waals surface area contributed by atoms with Crippen molar-refractivity contribution < 1.29 is 9.90 Å². The van der Waals surface area contributed by atoms with Gasteiger partial charge in [-0.15, -0.1) is 0 Å². The van der Waals surface area contributed by atoms with Gasteiger partial charge < -0.3 is 10.4 Å². The summed E-state index contributed by atoms with van der Waals surface area (Å²) in [5.74, 6) is 0.0663. The minimum atomic E-state index is -0.944. The summed E-state index contributed by atoms with van der Waals surface area (Å²) in [7, 11) is 0. The Morgan fingerprint density at radius 1 is 1.13 bits per heavy atom. The highest BCUT2D eigenvalue weighted by Gasteiger charge is 2.15. The third kappa shape index (κ3) is 3.24. The van der Waals surface area contributed by atoms with Gasteiger partial charge >= 0.3 is 5.97 Å². The molecule has 0 spiro atoms. The van der Waals surface area contributed by atoms with Crippen LogP contribution < -0.4 is 5.32 Å². The van der Waals surface area contributed by atoms with E-state index in [1.165, 1.54) is 0 Å². The van der Waals surface area contributed by atoms with E-state index in [2.05, 4.69) is 15.3 Å². The molecular weight excluding hydrogens is 314 g/mol. The van der Waals surface area contributed by atoms with Gasteiger partial charge in [-0.3, -0.25) is 4.79 Å². The molecule has 2 N–H and O–H groups in total. The van der Waals surface area contributed by atoms with Gasteiger partial charge in [0, 0.05) is 16.0 Å². The van der Waals surface area contributed by atoms with Crippen molar-refractivity contribution in [2.75, 3.05) is 5.32 Å². The van der Waals surface area contributed by atoms with Crippen LogP contribution in [0.4, 0.5) is 5.82 Å². The average Bonchev–Trinajstić information content (AvgIpc) is 2.55. The topological polar surface area (TPSA) is 75.1 Å². The predicted octanol–water partition coefficient (Wildman–Crippen LogP) is 3.84. The number of carboxylic acids is 1. The first-order chi connectivity index (χ1) is 11.0. The summed E-state index contributed by atoms with van der Waals surface area (Å²) in [6, 6.07) is 13.9. The number of nitrogens with zero attached hydrogens (tertiary/aromatic N) is 2. The molecule has 0 amide bonds. The highest BCUT2D eigenvalue weighted by Crippen LogP contribution is 2.26. The number of aromatic nitrogens is 2. The Kier molecular flexibility index (Phi) is 4.12. The Morgan fingerprint density at radius 2 is 1.83 bits per heavy atom. The van der Waals surface area contributed by atoms with Gasteiger partial charge in [-0.25, -0.2) is 9.97 Å². The second-order valence-electron chi connectivity index (χ2n) is 5.12. The zero-order chi connectivity index (χ0) is 16.4. The van der Waals surface area contributed by atoms with Gasteiger partial charge in [0.05, 0.1) is 5.52 Å². The van der Waals surface area contributed by atoms with Crippen LogP contribution in [0.5, 0.6) is 0 Å². The van der Waals surface area contributed by atoms with Crippen LogP contribution in [-0.2, 0) is 4.79 Å². The van der Waals surface area contributed by atoms with Crippen LogP contribution in [-0.4, -0.2) is 27.1 Å². The normalized spacial score (nSPS) is 12.1. The molecule has 23 heavy (non-hydrogen) atoms. The van der Waals surface area contributed by atoms with E-state index in [0.717, 1.165) is 16.5 Å². The van der Waals surface area contributed by atoms with Crippen molar-refractivity contribution >= 4 is 34.3 Å². The average molecular weight is 328 g/mol. The largest absolute Gasteiger partial charge is 0.480 e. The van der Waals surface area contributed by atoms with Crippen LogP contribution in [0.3, 0.4) is 0 Å². The van der Waals surface area contributed by atoms with Crippen molar-refractivity contribution in [1.82, 2.24) is 9.97 Å². The molecule has 5 nitrogen and oxygen atoms in total. The molecule has 6 heteroatoms. The Bertz CT molecular complexity index is 865. The molecule has 116 valence electrons. The van der Waals surface area contributed by atoms with Crippen LogP contribution in [0.2, 0.25) is 5.02 Å². The number of benzene rings is 2. The van der Waals surface area contributed by atoms with Crippen molar-refractivity contribution in [3.05, 3.63) is 53.6 Å². The summed E-state index contributed by atoms with van der Waals surface area (Å²) in [5, 5.41) is 13.4. The summed E-state index contributed by atoms with van der Waals surface area (Å²) >= 11 is 5.91. The molecule has 0 saturated heterocycles. The molecule has 0 aliphatic rings. The quantitative estimate of drug-likeness (QED) is 0.761. The van der Waals surface area contributed by atoms with E-state index in [-0.39, 0.29) is 0 Å². The van der Waals surface area contributed by atoms with E-state index in [4.69, 9.17) is 16.7 Å². The zero-order valence-electron chi connectivity index (χ0n) is 12.3. The molecule has 0 bridgehead atoms. The van der Waals surface area contributed by atoms with Crippen molar-refractivity contribution in [1.29, 1.82) is 0 Å². The van der Waals surface area contributed by atoms with Crippen LogP contribution >= 0.6 is 11.6 Å². The third-order valence-electron chi connectivity index (χ3n) is 3.43. The maximum absolute atomic E-state index is 11.1. The van der Waals surface area contributed by atoms with E-state index in [1.807, 2.05) is 36.4 Å². The monoisotopic (exact) mass is 327 g/mol. The first-order valence-electron chi connectivity index (χ1n) is 7.06. The van der Waals surface area contributed by atoms with E-state index in [9.17, 15) is 4.79 Å². The summed E-state index contributed by atoms with van der Waals surface area (Å²) in [6.07, 6.45) is 0.